The summed E-state index contributed by atoms with van der Waals surface area (Å²) in [4.78, 5) is 10.6. The van der Waals surface area contributed by atoms with Gasteiger partial charge >= 0.3 is 0 Å². The zero-order valence-corrected chi connectivity index (χ0v) is 9.79. The van der Waals surface area contributed by atoms with Gasteiger partial charge in [0.05, 0.1) is 6.07 Å². The molecule has 3 aliphatic rings. The highest BCUT2D eigenvalue weighted by atomic mass is 16.1. The van der Waals surface area contributed by atoms with Gasteiger partial charge in [0.25, 0.3) is 0 Å². The third-order valence-electron chi connectivity index (χ3n) is 5.95. The zero-order valence-electron chi connectivity index (χ0n) is 9.79. The van der Waals surface area contributed by atoms with Gasteiger partial charge in [-0.2, -0.15) is 5.26 Å². The minimum Gasteiger partial charge on any atom is -0.290 e. The van der Waals surface area contributed by atoms with Crippen LogP contribution in [0.5, 0.6) is 0 Å². The first-order chi connectivity index (χ1) is 7.54. The summed E-state index contributed by atoms with van der Waals surface area (Å²) in [6, 6.07) is 2.51. The predicted octanol–water partition coefficient (Wildman–Crippen LogP) is 1.05. The van der Waals surface area contributed by atoms with Crippen LogP contribution < -0.4 is 5.43 Å². The number of nitrogens with one attached hydrogen (secondary N) is 1. The van der Waals surface area contributed by atoms with E-state index in [0.717, 1.165) is 19.4 Å². The number of nitrogens with zero attached hydrogens (tertiary/aromatic N) is 2. The quantitative estimate of drug-likeness (QED) is 0.706. The summed E-state index contributed by atoms with van der Waals surface area (Å²) < 4.78 is 0. The summed E-state index contributed by atoms with van der Waals surface area (Å²) in [6.45, 7) is 5.34. The van der Waals surface area contributed by atoms with Crippen LogP contribution in [0.3, 0.4) is 0 Å². The Balaban J connectivity index is 2.12. The number of hydrogen-bond acceptors (Lipinski definition) is 3. The first kappa shape index (κ1) is 10.1. The molecule has 0 aromatic rings. The molecule has 1 aliphatic heterocycles. The number of nitriles is 1. The van der Waals surface area contributed by atoms with E-state index in [2.05, 4.69) is 25.3 Å². The molecule has 16 heavy (non-hydrogen) atoms. The highest BCUT2D eigenvalue weighted by Gasteiger charge is 2.78. The van der Waals surface area contributed by atoms with Crippen molar-refractivity contribution in [1.29, 1.82) is 5.26 Å². The Morgan fingerprint density at radius 1 is 1.56 bits per heavy atom. The second-order valence-corrected chi connectivity index (χ2v) is 5.99. The number of carbonyl (C=O) groups is 1. The van der Waals surface area contributed by atoms with Crippen molar-refractivity contribution in [2.75, 3.05) is 6.54 Å². The summed E-state index contributed by atoms with van der Waals surface area (Å²) in [5.41, 5.74) is 2.50. The summed E-state index contributed by atoms with van der Waals surface area (Å²) in [5.74, 6) is 0.654. The second-order valence-electron chi connectivity index (χ2n) is 5.99. The Morgan fingerprint density at radius 2 is 2.31 bits per heavy atom. The molecule has 1 heterocycles. The standard InChI is InChI=1S/C12H17N3O/c1-10-7-15(14-8-16)12(6-13)5-9(10)3-4-11(10,12)2/h8-9H,3-5,7H2,1-2H3,(H,14,16)/t9-,10-,11-,12-/m0/s1. The molecule has 4 heteroatoms. The smallest absolute Gasteiger partial charge is 0.221 e. The molecule has 0 aromatic carbocycles. The lowest BCUT2D eigenvalue weighted by atomic mass is 9.66. The molecular formula is C12H17N3O. The third kappa shape index (κ3) is 0.708. The van der Waals surface area contributed by atoms with E-state index in [1.165, 1.54) is 6.42 Å². The maximum absolute atomic E-state index is 10.6. The maximum Gasteiger partial charge on any atom is 0.221 e. The van der Waals surface area contributed by atoms with Gasteiger partial charge < -0.3 is 0 Å². The summed E-state index contributed by atoms with van der Waals surface area (Å²) in [6.07, 6.45) is 3.96. The van der Waals surface area contributed by atoms with E-state index < -0.39 is 5.54 Å². The molecule has 2 aliphatic carbocycles. The minimum atomic E-state index is -0.467. The van der Waals surface area contributed by atoms with Gasteiger partial charge in [0.15, 0.2) is 0 Å². The molecule has 3 rings (SSSR count). The van der Waals surface area contributed by atoms with Crippen molar-refractivity contribution in [1.82, 2.24) is 10.4 Å². The van der Waals surface area contributed by atoms with E-state index in [9.17, 15) is 10.1 Å². The average molecular weight is 219 g/mol. The fourth-order valence-electron chi connectivity index (χ4n) is 4.73. The first-order valence-corrected chi connectivity index (χ1v) is 5.93. The van der Waals surface area contributed by atoms with Crippen LogP contribution in [-0.2, 0) is 4.79 Å². The number of hydrogen-bond donors (Lipinski definition) is 1. The van der Waals surface area contributed by atoms with Gasteiger partial charge in [-0.15, -0.1) is 0 Å². The van der Waals surface area contributed by atoms with Gasteiger partial charge in [0.2, 0.25) is 6.41 Å². The summed E-state index contributed by atoms with van der Waals surface area (Å²) in [5, 5.41) is 11.5. The van der Waals surface area contributed by atoms with Crippen LogP contribution in [0.2, 0.25) is 0 Å². The van der Waals surface area contributed by atoms with Crippen molar-refractivity contribution in [2.45, 2.75) is 38.6 Å². The molecule has 4 nitrogen and oxygen atoms in total. The Hall–Kier alpha value is -1.08. The Morgan fingerprint density at radius 3 is 2.88 bits per heavy atom. The Bertz CT molecular complexity index is 404. The van der Waals surface area contributed by atoms with Crippen LogP contribution in [0.1, 0.15) is 33.1 Å². The van der Waals surface area contributed by atoms with Crippen LogP contribution >= 0.6 is 0 Å². The lowest BCUT2D eigenvalue weighted by molar-refractivity contribution is -0.116. The first-order valence-electron chi connectivity index (χ1n) is 5.93. The van der Waals surface area contributed by atoms with Crippen LogP contribution in [0, 0.1) is 28.1 Å². The van der Waals surface area contributed by atoms with Crippen molar-refractivity contribution in [3.05, 3.63) is 0 Å². The van der Waals surface area contributed by atoms with Crippen molar-refractivity contribution in [2.24, 2.45) is 16.7 Å². The Labute approximate surface area is 95.6 Å². The molecule has 0 aromatic heterocycles. The number of carbonyl (C=O) groups excluding carboxylic acids is 1. The SMILES string of the molecule is C[C@@]12CC[C@H]3C[C@@]1(C#N)N(NC=O)C[C@@]32C. The highest BCUT2D eigenvalue weighted by Crippen LogP contribution is 2.75. The lowest BCUT2D eigenvalue weighted by Gasteiger charge is -2.42. The normalized spacial score (nSPS) is 53.9. The van der Waals surface area contributed by atoms with E-state index in [-0.39, 0.29) is 10.8 Å². The monoisotopic (exact) mass is 219 g/mol. The van der Waals surface area contributed by atoms with Crippen molar-refractivity contribution in [3.8, 4) is 6.07 Å². The lowest BCUT2D eigenvalue weighted by Crippen LogP contribution is -2.57. The van der Waals surface area contributed by atoms with E-state index in [4.69, 9.17) is 0 Å². The van der Waals surface area contributed by atoms with Gasteiger partial charge in [-0.3, -0.25) is 10.2 Å². The largest absolute Gasteiger partial charge is 0.290 e. The van der Waals surface area contributed by atoms with Gasteiger partial charge in [-0.1, -0.05) is 13.8 Å². The van der Waals surface area contributed by atoms with E-state index in [1.54, 1.807) is 0 Å². The number of rotatable bonds is 2. The third-order valence-corrected chi connectivity index (χ3v) is 5.95. The summed E-state index contributed by atoms with van der Waals surface area (Å²) in [7, 11) is 0. The number of hydrazine groups is 1. The van der Waals surface area contributed by atoms with E-state index in [1.807, 2.05) is 5.01 Å². The fourth-order valence-corrected chi connectivity index (χ4v) is 4.73. The van der Waals surface area contributed by atoms with Crippen LogP contribution in [0.15, 0.2) is 0 Å². The van der Waals surface area contributed by atoms with Crippen LogP contribution in [0.4, 0.5) is 0 Å². The molecule has 1 amide bonds. The Kier molecular flexibility index (Phi) is 1.64. The predicted molar refractivity (Wildman–Crippen MR) is 57.8 cm³/mol. The molecule has 2 saturated carbocycles. The van der Waals surface area contributed by atoms with Crippen LogP contribution in [0.25, 0.3) is 0 Å². The molecular weight excluding hydrogens is 202 g/mol. The number of amides is 1. The average Bonchev–Trinajstić information content (AvgIpc) is 2.69. The van der Waals surface area contributed by atoms with Gasteiger partial charge in [0, 0.05) is 12.0 Å². The van der Waals surface area contributed by atoms with Crippen molar-refractivity contribution in [3.63, 3.8) is 0 Å². The zero-order chi connectivity index (χ0) is 11.6. The minimum absolute atomic E-state index is 0.0371. The van der Waals surface area contributed by atoms with Crippen molar-refractivity contribution < 1.29 is 4.79 Å². The molecule has 4 atom stereocenters. The molecule has 3 fully saturated rings. The molecule has 0 unspecified atom stereocenters. The topological polar surface area (TPSA) is 56.1 Å². The highest BCUT2D eigenvalue weighted by molar-refractivity contribution is 5.47. The number of piperidine rings is 1. The van der Waals surface area contributed by atoms with E-state index >= 15 is 0 Å². The maximum atomic E-state index is 10.6. The molecule has 0 spiro atoms. The van der Waals surface area contributed by atoms with E-state index in [0.29, 0.717) is 12.3 Å². The molecule has 86 valence electrons. The van der Waals surface area contributed by atoms with Gasteiger partial charge in [0.1, 0.15) is 5.54 Å². The summed E-state index contributed by atoms with van der Waals surface area (Å²) >= 11 is 0. The molecule has 1 N–H and O–H groups in total. The molecule has 4 bridgehead atoms. The van der Waals surface area contributed by atoms with Gasteiger partial charge in [-0.05, 0) is 30.6 Å². The fraction of sp³-hybridized carbons (Fsp3) is 0.833. The van der Waals surface area contributed by atoms with Crippen LogP contribution in [-0.4, -0.2) is 23.5 Å². The molecule has 1 saturated heterocycles. The van der Waals surface area contributed by atoms with Gasteiger partial charge in [-0.25, -0.2) is 5.01 Å². The van der Waals surface area contributed by atoms with Crippen molar-refractivity contribution >= 4 is 6.41 Å². The molecule has 0 radical (unpaired) electrons. The second kappa shape index (κ2) is 2.60.